The molecule has 0 aliphatic carbocycles. The van der Waals surface area contributed by atoms with Crippen molar-refractivity contribution in [3.8, 4) is 0 Å². The van der Waals surface area contributed by atoms with E-state index in [0.29, 0.717) is 0 Å². The molecule has 0 atom stereocenters. The highest BCUT2D eigenvalue weighted by Gasteiger charge is 2.55. The molecule has 0 spiro atoms. The predicted molar refractivity (Wildman–Crippen MR) is 49.8 cm³/mol. The summed E-state index contributed by atoms with van der Waals surface area (Å²) in [6, 6.07) is 0. The molecule has 1 rings (SSSR count). The van der Waals surface area contributed by atoms with Gasteiger partial charge >= 0.3 is 0 Å². The van der Waals surface area contributed by atoms with Crippen molar-refractivity contribution < 1.29 is 9.63 Å². The van der Waals surface area contributed by atoms with Crippen molar-refractivity contribution in [2.75, 3.05) is 14.2 Å². The molecule has 1 aliphatic rings. The van der Waals surface area contributed by atoms with Crippen LogP contribution in [0.25, 0.3) is 0 Å². The Morgan fingerprint density at radius 2 is 1.69 bits per heavy atom. The fourth-order valence-electron chi connectivity index (χ4n) is 1.77. The third-order valence-electron chi connectivity index (χ3n) is 3.05. The summed E-state index contributed by atoms with van der Waals surface area (Å²) in [6.07, 6.45) is 0. The van der Waals surface area contributed by atoms with Gasteiger partial charge in [-0.3, -0.25) is 14.5 Å². The topological polar surface area (TPSA) is 32.8 Å². The van der Waals surface area contributed by atoms with Crippen LogP contribution in [-0.2, 0) is 9.63 Å². The Morgan fingerprint density at radius 1 is 1.23 bits per heavy atom. The van der Waals surface area contributed by atoms with E-state index >= 15 is 0 Å². The van der Waals surface area contributed by atoms with E-state index in [1.54, 1.807) is 0 Å². The van der Waals surface area contributed by atoms with Gasteiger partial charge in [-0.2, -0.15) is 5.06 Å². The molecule has 1 amide bonds. The molecule has 13 heavy (non-hydrogen) atoms. The van der Waals surface area contributed by atoms with Gasteiger partial charge in [-0.25, -0.2) is 0 Å². The molecule has 1 saturated heterocycles. The predicted octanol–water partition coefficient (Wildman–Crippen LogP) is 0.837. The highest BCUT2D eigenvalue weighted by molar-refractivity contribution is 5.87. The van der Waals surface area contributed by atoms with E-state index < -0.39 is 5.54 Å². The fourth-order valence-corrected chi connectivity index (χ4v) is 1.77. The van der Waals surface area contributed by atoms with E-state index in [9.17, 15) is 4.79 Å². The molecular formula is C9H18N2O2. The van der Waals surface area contributed by atoms with Gasteiger partial charge in [-0.15, -0.1) is 0 Å². The Labute approximate surface area is 79.4 Å². The Bertz CT molecular complexity index is 236. The van der Waals surface area contributed by atoms with E-state index in [2.05, 4.69) is 0 Å². The summed E-state index contributed by atoms with van der Waals surface area (Å²) >= 11 is 0. The second kappa shape index (κ2) is 2.69. The maximum absolute atomic E-state index is 11.8. The van der Waals surface area contributed by atoms with Crippen LogP contribution >= 0.6 is 0 Å². The van der Waals surface area contributed by atoms with Gasteiger partial charge < -0.3 is 0 Å². The average Bonchev–Trinajstić information content (AvgIpc) is 2.12. The second-order valence-corrected chi connectivity index (χ2v) is 4.39. The largest absolute Gasteiger partial charge is 0.272 e. The Hall–Kier alpha value is -0.610. The van der Waals surface area contributed by atoms with Gasteiger partial charge in [0.05, 0.1) is 12.6 Å². The van der Waals surface area contributed by atoms with Crippen molar-refractivity contribution in [3.05, 3.63) is 0 Å². The van der Waals surface area contributed by atoms with Gasteiger partial charge in [0.2, 0.25) is 0 Å². The summed E-state index contributed by atoms with van der Waals surface area (Å²) < 4.78 is 0. The Kier molecular flexibility index (Phi) is 2.16. The molecular weight excluding hydrogens is 168 g/mol. The molecule has 0 radical (unpaired) electrons. The van der Waals surface area contributed by atoms with Crippen LogP contribution < -0.4 is 0 Å². The molecule has 0 bridgehead atoms. The SMILES string of the molecule is CON1C(=O)C(C)(C)N(C)C1(C)C. The van der Waals surface area contributed by atoms with Crippen LogP contribution in [0.4, 0.5) is 0 Å². The minimum Gasteiger partial charge on any atom is -0.272 e. The normalized spacial score (nSPS) is 26.9. The van der Waals surface area contributed by atoms with Crippen LogP contribution in [0, 0.1) is 0 Å². The standard InChI is InChI=1S/C9H18N2O2/c1-8(2)7(12)11(13-6)9(3,4)10(8)5/h1-6H3. The molecule has 0 aromatic heterocycles. The van der Waals surface area contributed by atoms with Crippen LogP contribution in [0.1, 0.15) is 27.7 Å². The first kappa shape index (κ1) is 10.5. The van der Waals surface area contributed by atoms with Gasteiger partial charge in [0.25, 0.3) is 5.91 Å². The first-order valence-corrected chi connectivity index (χ1v) is 4.39. The van der Waals surface area contributed by atoms with Crippen LogP contribution in [0.15, 0.2) is 0 Å². The highest BCUT2D eigenvalue weighted by atomic mass is 16.7. The molecule has 0 aromatic carbocycles. The lowest BCUT2D eigenvalue weighted by Crippen LogP contribution is -2.49. The summed E-state index contributed by atoms with van der Waals surface area (Å²) in [5.74, 6) is 0.00231. The molecule has 4 heteroatoms. The van der Waals surface area contributed by atoms with Crippen molar-refractivity contribution in [2.24, 2.45) is 0 Å². The zero-order valence-corrected chi connectivity index (χ0v) is 9.21. The lowest BCUT2D eigenvalue weighted by Gasteiger charge is -2.35. The van der Waals surface area contributed by atoms with Crippen LogP contribution in [0.5, 0.6) is 0 Å². The quantitative estimate of drug-likeness (QED) is 0.608. The van der Waals surface area contributed by atoms with Gasteiger partial charge in [0.15, 0.2) is 0 Å². The van der Waals surface area contributed by atoms with E-state index in [4.69, 9.17) is 4.84 Å². The van der Waals surface area contributed by atoms with E-state index in [-0.39, 0.29) is 11.6 Å². The molecule has 1 aliphatic heterocycles. The number of carbonyl (C=O) groups excluding carboxylic acids is 1. The Balaban J connectivity index is 3.11. The van der Waals surface area contributed by atoms with Gasteiger partial charge in [0, 0.05) is 0 Å². The summed E-state index contributed by atoms with van der Waals surface area (Å²) in [7, 11) is 3.45. The fraction of sp³-hybridized carbons (Fsp3) is 0.889. The number of nitrogens with zero attached hydrogens (tertiary/aromatic N) is 2. The Morgan fingerprint density at radius 3 is 1.85 bits per heavy atom. The maximum Gasteiger partial charge on any atom is 0.267 e. The lowest BCUT2D eigenvalue weighted by molar-refractivity contribution is -0.201. The maximum atomic E-state index is 11.8. The number of hydroxylamine groups is 2. The molecule has 76 valence electrons. The smallest absolute Gasteiger partial charge is 0.267 e. The molecule has 4 nitrogen and oxygen atoms in total. The molecule has 0 aromatic rings. The van der Waals surface area contributed by atoms with E-state index in [0.717, 1.165) is 0 Å². The van der Waals surface area contributed by atoms with Crippen molar-refractivity contribution in [2.45, 2.75) is 38.9 Å². The van der Waals surface area contributed by atoms with E-state index in [1.807, 2.05) is 39.6 Å². The first-order valence-electron chi connectivity index (χ1n) is 4.39. The third-order valence-corrected chi connectivity index (χ3v) is 3.05. The van der Waals surface area contributed by atoms with E-state index in [1.165, 1.54) is 12.2 Å². The van der Waals surface area contributed by atoms with Crippen LogP contribution in [0.3, 0.4) is 0 Å². The van der Waals surface area contributed by atoms with Crippen LogP contribution in [-0.4, -0.2) is 41.2 Å². The van der Waals surface area contributed by atoms with Crippen molar-refractivity contribution >= 4 is 5.91 Å². The zero-order valence-electron chi connectivity index (χ0n) is 9.21. The number of hydrogen-bond donors (Lipinski definition) is 0. The molecule has 0 saturated carbocycles. The minimum atomic E-state index is -0.487. The number of hydrogen-bond acceptors (Lipinski definition) is 3. The van der Waals surface area contributed by atoms with Crippen molar-refractivity contribution in [3.63, 3.8) is 0 Å². The third kappa shape index (κ3) is 1.16. The summed E-state index contributed by atoms with van der Waals surface area (Å²) in [5, 5.41) is 1.42. The van der Waals surface area contributed by atoms with Crippen molar-refractivity contribution in [1.29, 1.82) is 0 Å². The molecule has 0 N–H and O–H groups in total. The zero-order chi connectivity index (χ0) is 10.4. The van der Waals surface area contributed by atoms with Gasteiger partial charge in [-0.1, -0.05) is 0 Å². The second-order valence-electron chi connectivity index (χ2n) is 4.39. The summed E-state index contributed by atoms with van der Waals surface area (Å²) in [4.78, 5) is 18.9. The van der Waals surface area contributed by atoms with Crippen molar-refractivity contribution in [1.82, 2.24) is 9.96 Å². The first-order chi connectivity index (χ1) is 5.76. The average molecular weight is 186 g/mol. The number of carbonyl (C=O) groups is 1. The summed E-state index contributed by atoms with van der Waals surface area (Å²) in [6.45, 7) is 7.72. The molecule has 1 fully saturated rings. The number of amides is 1. The lowest BCUT2D eigenvalue weighted by atomic mass is 10.0. The van der Waals surface area contributed by atoms with Gasteiger partial charge in [0.1, 0.15) is 5.66 Å². The summed E-state index contributed by atoms with van der Waals surface area (Å²) in [5.41, 5.74) is -0.866. The van der Waals surface area contributed by atoms with Gasteiger partial charge in [-0.05, 0) is 34.7 Å². The highest BCUT2D eigenvalue weighted by Crippen LogP contribution is 2.36. The monoisotopic (exact) mass is 186 g/mol. The molecule has 0 unspecified atom stereocenters. The number of rotatable bonds is 1. The minimum absolute atomic E-state index is 0.00231. The van der Waals surface area contributed by atoms with Crippen LogP contribution in [0.2, 0.25) is 0 Å². The molecule has 1 heterocycles. The number of likely N-dealkylation sites (N-methyl/N-ethyl adjacent to an activating group) is 1.